The molecule has 0 aromatic heterocycles. The maximum absolute atomic E-state index is 11.8. The third kappa shape index (κ3) is 6.49. The van der Waals surface area contributed by atoms with Gasteiger partial charge < -0.3 is 10.4 Å². The molecule has 1 rings (SSSR count). The molecule has 0 fully saturated rings. The van der Waals surface area contributed by atoms with Gasteiger partial charge >= 0.3 is 5.51 Å². The molecule has 2 N–H and O–H groups in total. The smallest absolute Gasteiger partial charge is 0.387 e. The zero-order valence-electron chi connectivity index (χ0n) is 9.38. The van der Waals surface area contributed by atoms with E-state index in [-0.39, 0.29) is 30.6 Å². The monoisotopic (exact) mass is 299 g/mol. The third-order valence-electron chi connectivity index (χ3n) is 2.14. The van der Waals surface area contributed by atoms with Gasteiger partial charge in [-0.2, -0.15) is 13.2 Å². The molecule has 0 saturated carbocycles. The summed E-state index contributed by atoms with van der Waals surface area (Å²) in [7, 11) is 0. The largest absolute Gasteiger partial charge is 0.441 e. The first-order valence-corrected chi connectivity index (χ1v) is 6.60. The molecule has 0 aliphatic heterocycles. The van der Waals surface area contributed by atoms with E-state index in [0.717, 1.165) is 0 Å². The molecule has 1 atom stereocenters. The minimum absolute atomic E-state index is 0.0726. The van der Waals surface area contributed by atoms with Gasteiger partial charge in [0.1, 0.15) is 0 Å². The second-order valence-electron chi connectivity index (χ2n) is 3.57. The Morgan fingerprint density at radius 1 is 1.28 bits per heavy atom. The Morgan fingerprint density at radius 3 is 2.44 bits per heavy atom. The lowest BCUT2D eigenvalue weighted by Crippen LogP contribution is -2.24. The summed E-state index contributed by atoms with van der Waals surface area (Å²) in [6.07, 6.45) is -0.752. The molecular weight excluding hydrogens is 287 g/mol. The fourth-order valence-corrected chi connectivity index (χ4v) is 1.88. The summed E-state index contributed by atoms with van der Waals surface area (Å²) in [5.41, 5.74) is -3.52. The number of aliphatic hydroxyl groups excluding tert-OH is 1. The standard InChI is InChI=1S/C11H13ClF3NOS/c12-9-3-1-8(2-4-9)10(17)7-16-5-6-18-11(13,14)15/h1-4,10,16-17H,5-7H2. The van der Waals surface area contributed by atoms with E-state index in [0.29, 0.717) is 10.6 Å². The Bertz CT molecular complexity index is 358. The first kappa shape index (κ1) is 15.6. The summed E-state index contributed by atoms with van der Waals surface area (Å²) in [6.45, 7) is 0.398. The summed E-state index contributed by atoms with van der Waals surface area (Å²) < 4.78 is 35.5. The van der Waals surface area contributed by atoms with E-state index in [1.54, 1.807) is 24.3 Å². The van der Waals surface area contributed by atoms with Crippen LogP contribution in [0.25, 0.3) is 0 Å². The maximum atomic E-state index is 11.8. The van der Waals surface area contributed by atoms with Crippen LogP contribution in [-0.2, 0) is 0 Å². The third-order valence-corrected chi connectivity index (χ3v) is 3.12. The van der Waals surface area contributed by atoms with E-state index in [1.165, 1.54) is 0 Å². The second kappa shape index (κ2) is 7.23. The number of nitrogens with one attached hydrogen (secondary N) is 1. The van der Waals surface area contributed by atoms with Crippen LogP contribution >= 0.6 is 23.4 Å². The fraction of sp³-hybridized carbons (Fsp3) is 0.455. The highest BCUT2D eigenvalue weighted by molar-refractivity contribution is 8.00. The minimum atomic E-state index is -4.20. The van der Waals surface area contributed by atoms with Crippen molar-refractivity contribution in [2.24, 2.45) is 0 Å². The van der Waals surface area contributed by atoms with Gasteiger partial charge in [-0.3, -0.25) is 0 Å². The highest BCUT2D eigenvalue weighted by Gasteiger charge is 2.27. The summed E-state index contributed by atoms with van der Waals surface area (Å²) in [5.74, 6) is -0.0726. The van der Waals surface area contributed by atoms with Crippen molar-refractivity contribution in [1.82, 2.24) is 5.32 Å². The van der Waals surface area contributed by atoms with Gasteiger partial charge in [0.25, 0.3) is 0 Å². The van der Waals surface area contributed by atoms with Crippen molar-refractivity contribution >= 4 is 23.4 Å². The first-order valence-electron chi connectivity index (χ1n) is 5.23. The van der Waals surface area contributed by atoms with Crippen LogP contribution in [0.3, 0.4) is 0 Å². The molecule has 102 valence electrons. The van der Waals surface area contributed by atoms with Gasteiger partial charge in [0, 0.05) is 23.9 Å². The zero-order valence-corrected chi connectivity index (χ0v) is 10.9. The van der Waals surface area contributed by atoms with Crippen molar-refractivity contribution in [2.75, 3.05) is 18.8 Å². The molecule has 18 heavy (non-hydrogen) atoms. The molecule has 1 unspecified atom stereocenters. The molecular formula is C11H13ClF3NOS. The van der Waals surface area contributed by atoms with Crippen LogP contribution < -0.4 is 5.32 Å². The van der Waals surface area contributed by atoms with Gasteiger partial charge in [0.05, 0.1) is 6.10 Å². The summed E-state index contributed by atoms with van der Waals surface area (Å²) in [6, 6.07) is 6.66. The maximum Gasteiger partial charge on any atom is 0.441 e. The Labute approximate surface area is 113 Å². The predicted molar refractivity (Wildman–Crippen MR) is 67.8 cm³/mol. The lowest BCUT2D eigenvalue weighted by atomic mass is 10.1. The van der Waals surface area contributed by atoms with Crippen LogP contribution in [0.1, 0.15) is 11.7 Å². The van der Waals surface area contributed by atoms with Crippen LogP contribution in [0.15, 0.2) is 24.3 Å². The Kier molecular flexibility index (Phi) is 6.28. The van der Waals surface area contributed by atoms with Crippen molar-refractivity contribution in [3.05, 3.63) is 34.9 Å². The first-order chi connectivity index (χ1) is 8.38. The van der Waals surface area contributed by atoms with Crippen LogP contribution in [0.2, 0.25) is 5.02 Å². The van der Waals surface area contributed by atoms with Crippen LogP contribution in [-0.4, -0.2) is 29.5 Å². The van der Waals surface area contributed by atoms with Crippen molar-refractivity contribution in [1.29, 1.82) is 0 Å². The minimum Gasteiger partial charge on any atom is -0.387 e. The van der Waals surface area contributed by atoms with Crippen molar-refractivity contribution in [3.63, 3.8) is 0 Å². The molecule has 0 spiro atoms. The molecule has 2 nitrogen and oxygen atoms in total. The van der Waals surface area contributed by atoms with Gasteiger partial charge in [-0.1, -0.05) is 23.7 Å². The van der Waals surface area contributed by atoms with Crippen LogP contribution in [0, 0.1) is 0 Å². The Morgan fingerprint density at radius 2 is 1.89 bits per heavy atom. The fourth-order valence-electron chi connectivity index (χ4n) is 1.28. The molecule has 1 aromatic rings. The normalized spacial score (nSPS) is 13.6. The molecule has 0 radical (unpaired) electrons. The van der Waals surface area contributed by atoms with Gasteiger partial charge in [-0.25, -0.2) is 0 Å². The summed E-state index contributed by atoms with van der Waals surface area (Å²) in [4.78, 5) is 0. The molecule has 7 heteroatoms. The number of halogens is 4. The van der Waals surface area contributed by atoms with E-state index >= 15 is 0 Å². The molecule has 0 bridgehead atoms. The SMILES string of the molecule is OC(CNCCSC(F)(F)F)c1ccc(Cl)cc1. The van der Waals surface area contributed by atoms with E-state index in [2.05, 4.69) is 5.32 Å². The number of benzene rings is 1. The quantitative estimate of drug-likeness (QED) is 0.791. The average Bonchev–Trinajstić information content (AvgIpc) is 2.27. The number of hydrogen-bond donors (Lipinski definition) is 2. The molecule has 1 aromatic carbocycles. The van der Waals surface area contributed by atoms with E-state index < -0.39 is 11.6 Å². The summed E-state index contributed by atoms with van der Waals surface area (Å²) in [5, 5.41) is 13.1. The Hall–Kier alpha value is -0.430. The van der Waals surface area contributed by atoms with E-state index in [9.17, 15) is 18.3 Å². The van der Waals surface area contributed by atoms with Gasteiger partial charge in [0.2, 0.25) is 0 Å². The van der Waals surface area contributed by atoms with Gasteiger partial charge in [-0.05, 0) is 29.5 Å². The van der Waals surface area contributed by atoms with Crippen molar-refractivity contribution in [3.8, 4) is 0 Å². The number of rotatable bonds is 6. The topological polar surface area (TPSA) is 32.3 Å². The molecule has 0 aliphatic rings. The van der Waals surface area contributed by atoms with Crippen molar-refractivity contribution in [2.45, 2.75) is 11.6 Å². The number of thioether (sulfide) groups is 1. The van der Waals surface area contributed by atoms with Gasteiger partial charge in [-0.15, -0.1) is 0 Å². The number of aliphatic hydroxyl groups is 1. The van der Waals surface area contributed by atoms with Crippen LogP contribution in [0.4, 0.5) is 13.2 Å². The molecule has 0 amide bonds. The Balaban J connectivity index is 2.21. The van der Waals surface area contributed by atoms with Crippen LogP contribution in [0.5, 0.6) is 0 Å². The summed E-state index contributed by atoms with van der Waals surface area (Å²) >= 11 is 5.62. The zero-order chi connectivity index (χ0) is 13.6. The molecule has 0 aliphatic carbocycles. The van der Waals surface area contributed by atoms with Gasteiger partial charge in [0.15, 0.2) is 0 Å². The van der Waals surface area contributed by atoms with E-state index in [1.807, 2.05) is 0 Å². The number of hydrogen-bond acceptors (Lipinski definition) is 3. The predicted octanol–water partition coefficient (Wildman–Crippen LogP) is 3.22. The molecule has 0 saturated heterocycles. The van der Waals surface area contributed by atoms with Crippen molar-refractivity contribution < 1.29 is 18.3 Å². The second-order valence-corrected chi connectivity index (χ2v) is 5.16. The van der Waals surface area contributed by atoms with E-state index in [4.69, 9.17) is 11.6 Å². The highest BCUT2D eigenvalue weighted by atomic mass is 35.5. The lowest BCUT2D eigenvalue weighted by molar-refractivity contribution is -0.0327. The molecule has 0 heterocycles. The average molecular weight is 300 g/mol. The highest BCUT2D eigenvalue weighted by Crippen LogP contribution is 2.29. The lowest BCUT2D eigenvalue weighted by Gasteiger charge is -2.12. The number of alkyl halides is 3.